The topological polar surface area (TPSA) is 60.0 Å². The number of para-hydroxylation sites is 1. The van der Waals surface area contributed by atoms with E-state index >= 15 is 0 Å². The minimum atomic E-state index is -0.415. The Balaban J connectivity index is 1.90. The molecule has 0 saturated heterocycles. The molecule has 0 fully saturated rings. The van der Waals surface area contributed by atoms with E-state index in [0.29, 0.717) is 29.4 Å². The van der Waals surface area contributed by atoms with Gasteiger partial charge in [0, 0.05) is 17.1 Å². The van der Waals surface area contributed by atoms with Crippen molar-refractivity contribution in [2.45, 2.75) is 26.4 Å². The van der Waals surface area contributed by atoms with Crippen LogP contribution in [-0.4, -0.2) is 27.2 Å². The number of H-pyrrole nitrogens is 1. The maximum Gasteiger partial charge on any atom is 0.235 e. The van der Waals surface area contributed by atoms with Gasteiger partial charge in [-0.2, -0.15) is 0 Å². The number of hydrogen-bond acceptors (Lipinski definition) is 4. The summed E-state index contributed by atoms with van der Waals surface area (Å²) in [5.41, 5.74) is 2.20. The van der Waals surface area contributed by atoms with Crippen molar-refractivity contribution >= 4 is 33.9 Å². The van der Waals surface area contributed by atoms with Crippen LogP contribution in [-0.2, 0) is 3.07 Å². The monoisotopic (exact) mass is 441 g/mol. The van der Waals surface area contributed by atoms with Gasteiger partial charge in [-0.25, -0.2) is 14.4 Å². The molecular formula is C17H17FIN3O2. The number of aromatic amines is 1. The summed E-state index contributed by atoms with van der Waals surface area (Å²) in [6.45, 7) is 6.05. The van der Waals surface area contributed by atoms with Crippen molar-refractivity contribution in [3.8, 4) is 17.1 Å². The van der Waals surface area contributed by atoms with Crippen molar-refractivity contribution in [2.75, 3.05) is 6.61 Å². The zero-order valence-corrected chi connectivity index (χ0v) is 15.7. The minimum absolute atomic E-state index is 0.288. The van der Waals surface area contributed by atoms with Gasteiger partial charge in [0.05, 0.1) is 17.4 Å². The third kappa shape index (κ3) is 3.36. The molecule has 24 heavy (non-hydrogen) atoms. The second kappa shape index (κ2) is 6.64. The predicted molar refractivity (Wildman–Crippen MR) is 98.7 cm³/mol. The molecule has 0 amide bonds. The summed E-state index contributed by atoms with van der Waals surface area (Å²) in [7, 11) is 0. The van der Waals surface area contributed by atoms with Crippen molar-refractivity contribution in [3.05, 3.63) is 42.1 Å². The van der Waals surface area contributed by atoms with E-state index in [1.54, 1.807) is 18.5 Å². The summed E-state index contributed by atoms with van der Waals surface area (Å²) >= 11 is 1.85. The number of rotatable bonds is 5. The maximum absolute atomic E-state index is 13.8. The molecule has 7 heteroatoms. The van der Waals surface area contributed by atoms with E-state index in [9.17, 15) is 4.39 Å². The molecule has 0 radical (unpaired) electrons. The first-order valence-electron chi connectivity index (χ1n) is 7.43. The lowest BCUT2D eigenvalue weighted by Crippen LogP contribution is -2.29. The van der Waals surface area contributed by atoms with Crippen molar-refractivity contribution in [2.24, 2.45) is 0 Å². The normalized spacial score (nSPS) is 11.9. The first-order valence-corrected chi connectivity index (χ1v) is 8.31. The van der Waals surface area contributed by atoms with Crippen LogP contribution in [0.25, 0.3) is 22.2 Å². The van der Waals surface area contributed by atoms with Gasteiger partial charge in [-0.3, -0.25) is 0 Å². The van der Waals surface area contributed by atoms with Crippen LogP contribution in [0.3, 0.4) is 0 Å². The lowest BCUT2D eigenvalue weighted by Gasteiger charge is -2.21. The van der Waals surface area contributed by atoms with Gasteiger partial charge in [-0.05, 0) is 26.8 Å². The summed E-state index contributed by atoms with van der Waals surface area (Å²) in [5.74, 6) is 0.177. The first-order chi connectivity index (χ1) is 11.4. The largest absolute Gasteiger partial charge is 0.473 e. The SMILES string of the molecule is Cc1nc(-c2c[nH]c3c(F)cccc23)cnc1OCC(C)(C)OI. The fraction of sp³-hybridized carbons (Fsp3) is 0.294. The lowest BCUT2D eigenvalue weighted by atomic mass is 10.1. The molecule has 3 aromatic rings. The Morgan fingerprint density at radius 2 is 2.12 bits per heavy atom. The van der Waals surface area contributed by atoms with Crippen LogP contribution < -0.4 is 4.74 Å². The molecule has 0 aliphatic heterocycles. The van der Waals surface area contributed by atoms with Gasteiger partial charge in [0.2, 0.25) is 5.88 Å². The zero-order chi connectivity index (χ0) is 17.3. The molecule has 0 atom stereocenters. The molecular weight excluding hydrogens is 424 g/mol. The number of aryl methyl sites for hydroxylation is 1. The molecule has 0 saturated carbocycles. The molecule has 0 aliphatic carbocycles. The summed E-state index contributed by atoms with van der Waals surface area (Å²) in [6.07, 6.45) is 3.37. The number of ether oxygens (including phenoxy) is 1. The Kier molecular flexibility index (Phi) is 4.73. The van der Waals surface area contributed by atoms with Gasteiger partial charge in [-0.15, -0.1) is 0 Å². The number of aromatic nitrogens is 3. The molecule has 3 rings (SSSR count). The summed E-state index contributed by atoms with van der Waals surface area (Å²) < 4.78 is 24.8. The summed E-state index contributed by atoms with van der Waals surface area (Å²) in [5, 5.41) is 0.775. The number of fused-ring (bicyclic) bond motifs is 1. The quantitative estimate of drug-likeness (QED) is 0.589. The van der Waals surface area contributed by atoms with Crippen molar-refractivity contribution in [3.63, 3.8) is 0 Å². The third-order valence-electron chi connectivity index (χ3n) is 3.61. The Bertz CT molecular complexity index is 879. The Labute approximate surface area is 153 Å². The Morgan fingerprint density at radius 1 is 1.33 bits per heavy atom. The first kappa shape index (κ1) is 17.1. The zero-order valence-electron chi connectivity index (χ0n) is 13.6. The van der Waals surface area contributed by atoms with Crippen LogP contribution in [0.2, 0.25) is 0 Å². The van der Waals surface area contributed by atoms with Gasteiger partial charge in [-0.1, -0.05) is 12.1 Å². The number of benzene rings is 1. The van der Waals surface area contributed by atoms with Crippen LogP contribution in [0, 0.1) is 12.7 Å². The van der Waals surface area contributed by atoms with E-state index in [0.717, 1.165) is 10.9 Å². The van der Waals surface area contributed by atoms with Crippen molar-refractivity contribution in [1.29, 1.82) is 0 Å². The molecule has 126 valence electrons. The number of hydrogen-bond donors (Lipinski definition) is 1. The van der Waals surface area contributed by atoms with E-state index in [1.807, 2.05) is 49.8 Å². The molecule has 0 bridgehead atoms. The average Bonchev–Trinajstić information content (AvgIpc) is 2.99. The molecule has 2 aromatic heterocycles. The van der Waals surface area contributed by atoms with E-state index in [-0.39, 0.29) is 5.82 Å². The highest BCUT2D eigenvalue weighted by molar-refractivity contribution is 14.1. The van der Waals surface area contributed by atoms with Gasteiger partial charge >= 0.3 is 0 Å². The maximum atomic E-state index is 13.8. The van der Waals surface area contributed by atoms with Crippen LogP contribution >= 0.6 is 23.0 Å². The molecule has 0 spiro atoms. The van der Waals surface area contributed by atoms with Crippen LogP contribution in [0.4, 0.5) is 4.39 Å². The molecule has 2 heterocycles. The van der Waals surface area contributed by atoms with Crippen LogP contribution in [0.1, 0.15) is 19.5 Å². The van der Waals surface area contributed by atoms with Gasteiger partial charge < -0.3 is 12.8 Å². The Morgan fingerprint density at radius 3 is 2.83 bits per heavy atom. The summed E-state index contributed by atoms with van der Waals surface area (Å²) in [6, 6.07) is 4.96. The number of halogens is 2. The standard InChI is InChI=1S/C17H17FIN3O2/c1-10-16(23-9-17(2,3)24-19)21-8-14(22-10)12-7-20-15-11(12)5-4-6-13(15)18/h4-8,20H,9H2,1-3H3. The lowest BCUT2D eigenvalue weighted by molar-refractivity contribution is 0.0911. The fourth-order valence-electron chi connectivity index (χ4n) is 2.34. The second-order valence-electron chi connectivity index (χ2n) is 6.14. The van der Waals surface area contributed by atoms with Gasteiger partial charge in [0.15, 0.2) is 0 Å². The number of nitrogens with zero attached hydrogens (tertiary/aromatic N) is 2. The Hall–Kier alpha value is -1.74. The molecule has 1 N–H and O–H groups in total. The smallest absolute Gasteiger partial charge is 0.235 e. The minimum Gasteiger partial charge on any atom is -0.473 e. The highest BCUT2D eigenvalue weighted by Crippen LogP contribution is 2.29. The van der Waals surface area contributed by atoms with E-state index < -0.39 is 5.60 Å². The van der Waals surface area contributed by atoms with Crippen molar-refractivity contribution in [1.82, 2.24) is 15.0 Å². The number of nitrogens with one attached hydrogen (secondary N) is 1. The predicted octanol–water partition coefficient (Wildman–Crippen LogP) is 4.60. The fourth-order valence-corrected chi connectivity index (χ4v) is 2.46. The van der Waals surface area contributed by atoms with E-state index in [4.69, 9.17) is 7.80 Å². The van der Waals surface area contributed by atoms with Gasteiger partial charge in [0.1, 0.15) is 46.7 Å². The highest BCUT2D eigenvalue weighted by Gasteiger charge is 2.20. The van der Waals surface area contributed by atoms with Gasteiger partial charge in [0.25, 0.3) is 0 Å². The molecule has 0 aliphatic rings. The average molecular weight is 441 g/mol. The second-order valence-corrected chi connectivity index (χ2v) is 6.58. The van der Waals surface area contributed by atoms with Crippen LogP contribution in [0.15, 0.2) is 30.6 Å². The molecule has 5 nitrogen and oxygen atoms in total. The summed E-state index contributed by atoms with van der Waals surface area (Å²) in [4.78, 5) is 11.8. The van der Waals surface area contributed by atoms with Crippen molar-refractivity contribution < 1.29 is 12.2 Å². The molecule has 1 aromatic carbocycles. The van der Waals surface area contributed by atoms with E-state index in [2.05, 4.69) is 15.0 Å². The third-order valence-corrected chi connectivity index (χ3v) is 4.80. The molecule has 0 unspecified atom stereocenters. The highest BCUT2D eigenvalue weighted by atomic mass is 127. The van der Waals surface area contributed by atoms with E-state index in [1.165, 1.54) is 6.07 Å². The van der Waals surface area contributed by atoms with Crippen LogP contribution in [0.5, 0.6) is 5.88 Å².